The number of aliphatic carboxylic acids is 2. The Hall–Kier alpha value is -1.89. The summed E-state index contributed by atoms with van der Waals surface area (Å²) in [6, 6.07) is 0. The van der Waals surface area contributed by atoms with Crippen LogP contribution in [0.5, 0.6) is 0 Å². The molecule has 1 atom stereocenters. The highest BCUT2D eigenvalue weighted by Crippen LogP contribution is 2.10. The molecular formula is C19H32O7. The van der Waals surface area contributed by atoms with Crippen molar-refractivity contribution in [1.29, 1.82) is 0 Å². The van der Waals surface area contributed by atoms with Crippen LogP contribution in [0.4, 0.5) is 0 Å². The number of hydrogen-bond acceptors (Lipinski definition) is 5. The summed E-state index contributed by atoms with van der Waals surface area (Å²) in [4.78, 5) is 31.1. The van der Waals surface area contributed by atoms with Gasteiger partial charge in [0.2, 0.25) is 0 Å². The van der Waals surface area contributed by atoms with E-state index in [1.807, 2.05) is 0 Å². The Labute approximate surface area is 155 Å². The number of hydrogen-bond donors (Lipinski definition) is 2. The van der Waals surface area contributed by atoms with Gasteiger partial charge in [-0.1, -0.05) is 45.1 Å². The van der Waals surface area contributed by atoms with E-state index >= 15 is 0 Å². The molecule has 0 aromatic carbocycles. The average Bonchev–Trinajstić information content (AvgIpc) is 3.38. The minimum Gasteiger partial charge on any atom is -0.481 e. The third-order valence-electron chi connectivity index (χ3n) is 3.68. The number of carboxylic acids is 2. The zero-order valence-electron chi connectivity index (χ0n) is 15.7. The molecule has 1 fully saturated rings. The quantitative estimate of drug-likeness (QED) is 0.207. The Balaban J connectivity index is 0.000000531. The molecule has 7 nitrogen and oxygen atoms in total. The van der Waals surface area contributed by atoms with E-state index in [0.29, 0.717) is 18.8 Å². The van der Waals surface area contributed by atoms with Gasteiger partial charge in [0, 0.05) is 18.4 Å². The van der Waals surface area contributed by atoms with E-state index in [1.54, 1.807) is 6.92 Å². The molecule has 0 saturated carbocycles. The van der Waals surface area contributed by atoms with Crippen LogP contribution in [0, 0.1) is 0 Å². The lowest BCUT2D eigenvalue weighted by atomic mass is 10.1. The Morgan fingerprint density at radius 3 is 1.62 bits per heavy atom. The van der Waals surface area contributed by atoms with Crippen molar-refractivity contribution >= 4 is 17.9 Å². The molecule has 0 amide bonds. The Kier molecular flexibility index (Phi) is 14.3. The first kappa shape index (κ1) is 24.1. The van der Waals surface area contributed by atoms with Crippen LogP contribution in [0.15, 0.2) is 12.2 Å². The van der Waals surface area contributed by atoms with E-state index in [0.717, 1.165) is 51.4 Å². The average molecular weight is 372 g/mol. The van der Waals surface area contributed by atoms with Crippen molar-refractivity contribution in [2.75, 3.05) is 13.2 Å². The van der Waals surface area contributed by atoms with Crippen LogP contribution in [0.2, 0.25) is 0 Å². The van der Waals surface area contributed by atoms with Gasteiger partial charge in [-0.3, -0.25) is 9.59 Å². The summed E-state index contributed by atoms with van der Waals surface area (Å²) in [6.45, 7) is 6.14. The Bertz CT molecular complexity index is 419. The van der Waals surface area contributed by atoms with E-state index in [-0.39, 0.29) is 24.9 Å². The maximum absolute atomic E-state index is 10.7. The summed E-state index contributed by atoms with van der Waals surface area (Å²) < 4.78 is 9.60. The van der Waals surface area contributed by atoms with Crippen molar-refractivity contribution in [2.24, 2.45) is 0 Å². The number of carboxylic acid groups (broad SMARTS) is 2. The monoisotopic (exact) mass is 372 g/mol. The summed E-state index contributed by atoms with van der Waals surface area (Å²) in [5, 5.41) is 16.8. The van der Waals surface area contributed by atoms with Crippen LogP contribution >= 0.6 is 0 Å². The minimum absolute atomic E-state index is 0.142. The van der Waals surface area contributed by atoms with Gasteiger partial charge in [-0.25, -0.2) is 4.79 Å². The smallest absolute Gasteiger partial charge is 0.333 e. The molecule has 0 aliphatic carbocycles. The van der Waals surface area contributed by atoms with Gasteiger partial charge in [0.1, 0.15) is 12.7 Å². The molecule has 1 aliphatic heterocycles. The highest BCUT2D eigenvalue weighted by molar-refractivity contribution is 5.86. The Morgan fingerprint density at radius 1 is 0.923 bits per heavy atom. The SMILES string of the molecule is C=C(C)C(=O)OCC1CO1.O=C(O)CCCCCCCCCCC(=O)O. The predicted molar refractivity (Wildman–Crippen MR) is 97.0 cm³/mol. The van der Waals surface area contributed by atoms with E-state index < -0.39 is 11.9 Å². The molecule has 2 N–H and O–H groups in total. The van der Waals surface area contributed by atoms with Crippen LogP contribution in [-0.4, -0.2) is 47.4 Å². The molecule has 1 rings (SSSR count). The van der Waals surface area contributed by atoms with E-state index in [4.69, 9.17) is 19.7 Å². The lowest BCUT2D eigenvalue weighted by Crippen LogP contribution is -2.09. The first-order chi connectivity index (χ1) is 12.3. The summed E-state index contributed by atoms with van der Waals surface area (Å²) in [5.41, 5.74) is 0.431. The minimum atomic E-state index is -0.714. The molecule has 1 heterocycles. The standard InChI is InChI=1S/C12H22O4.C7H10O3/c13-11(14)9-7-5-3-1-2-4-6-8-10-12(15)16;1-5(2)7(8)10-4-6-3-9-6/h1-10H2,(H,13,14)(H,15,16);6H,1,3-4H2,2H3. The van der Waals surface area contributed by atoms with Crippen LogP contribution in [0.25, 0.3) is 0 Å². The summed E-state index contributed by atoms with van der Waals surface area (Å²) in [5.74, 6) is -1.77. The molecule has 1 unspecified atom stereocenters. The number of epoxide rings is 1. The van der Waals surface area contributed by atoms with Crippen molar-refractivity contribution < 1.29 is 34.1 Å². The van der Waals surface area contributed by atoms with Crippen molar-refractivity contribution in [2.45, 2.75) is 77.2 Å². The molecule has 0 aromatic heterocycles. The molecule has 0 radical (unpaired) electrons. The largest absolute Gasteiger partial charge is 0.481 e. The summed E-state index contributed by atoms with van der Waals surface area (Å²) in [6.07, 6.45) is 8.66. The van der Waals surface area contributed by atoms with Crippen molar-refractivity contribution in [3.63, 3.8) is 0 Å². The number of carbonyl (C=O) groups excluding carboxylic acids is 1. The fourth-order valence-corrected chi connectivity index (χ4v) is 2.07. The fraction of sp³-hybridized carbons (Fsp3) is 0.737. The van der Waals surface area contributed by atoms with Crippen molar-refractivity contribution in [3.05, 3.63) is 12.2 Å². The van der Waals surface area contributed by atoms with Crippen LogP contribution in [0.3, 0.4) is 0 Å². The zero-order valence-corrected chi connectivity index (χ0v) is 15.7. The number of rotatable bonds is 14. The van der Waals surface area contributed by atoms with Gasteiger partial charge in [0.25, 0.3) is 0 Å². The van der Waals surface area contributed by atoms with E-state index in [1.165, 1.54) is 0 Å². The van der Waals surface area contributed by atoms with Crippen LogP contribution in [-0.2, 0) is 23.9 Å². The number of ether oxygens (including phenoxy) is 2. The third-order valence-corrected chi connectivity index (χ3v) is 3.68. The summed E-state index contributed by atoms with van der Waals surface area (Å²) in [7, 11) is 0. The van der Waals surface area contributed by atoms with Gasteiger partial charge < -0.3 is 19.7 Å². The molecular weight excluding hydrogens is 340 g/mol. The van der Waals surface area contributed by atoms with Gasteiger partial charge in [0.05, 0.1) is 6.61 Å². The van der Waals surface area contributed by atoms with Gasteiger partial charge in [-0.2, -0.15) is 0 Å². The first-order valence-electron chi connectivity index (χ1n) is 9.20. The predicted octanol–water partition coefficient (Wildman–Crippen LogP) is 3.56. The molecule has 150 valence electrons. The molecule has 0 bridgehead atoms. The molecule has 1 saturated heterocycles. The van der Waals surface area contributed by atoms with Gasteiger partial charge in [-0.15, -0.1) is 0 Å². The normalized spacial score (nSPS) is 14.7. The van der Waals surface area contributed by atoms with Gasteiger partial charge in [0.15, 0.2) is 0 Å². The highest BCUT2D eigenvalue weighted by atomic mass is 16.6. The van der Waals surface area contributed by atoms with Gasteiger partial charge >= 0.3 is 17.9 Å². The topological polar surface area (TPSA) is 113 Å². The lowest BCUT2D eigenvalue weighted by molar-refractivity contribution is -0.139. The van der Waals surface area contributed by atoms with E-state index in [9.17, 15) is 14.4 Å². The molecule has 1 aliphatic rings. The van der Waals surface area contributed by atoms with Crippen molar-refractivity contribution in [1.82, 2.24) is 0 Å². The molecule has 0 aromatic rings. The third kappa shape index (κ3) is 18.4. The summed E-state index contributed by atoms with van der Waals surface area (Å²) >= 11 is 0. The highest BCUT2D eigenvalue weighted by Gasteiger charge is 2.24. The maximum atomic E-state index is 10.7. The number of carbonyl (C=O) groups is 3. The maximum Gasteiger partial charge on any atom is 0.333 e. The molecule has 26 heavy (non-hydrogen) atoms. The fourth-order valence-electron chi connectivity index (χ4n) is 2.07. The van der Waals surface area contributed by atoms with Gasteiger partial charge in [-0.05, 0) is 19.8 Å². The van der Waals surface area contributed by atoms with E-state index in [2.05, 4.69) is 6.58 Å². The molecule has 0 spiro atoms. The van der Waals surface area contributed by atoms with Crippen LogP contribution in [0.1, 0.15) is 71.1 Å². The number of unbranched alkanes of at least 4 members (excludes halogenated alkanes) is 7. The molecule has 7 heteroatoms. The second-order valence-electron chi connectivity index (χ2n) is 6.45. The van der Waals surface area contributed by atoms with Crippen molar-refractivity contribution in [3.8, 4) is 0 Å². The first-order valence-corrected chi connectivity index (χ1v) is 9.20. The zero-order chi connectivity index (χ0) is 19.8. The second-order valence-corrected chi connectivity index (χ2v) is 6.45. The Morgan fingerprint density at radius 2 is 1.31 bits per heavy atom. The second kappa shape index (κ2) is 15.4. The lowest BCUT2D eigenvalue weighted by Gasteiger charge is -2.00. The number of esters is 1. The van der Waals surface area contributed by atoms with Crippen LogP contribution < -0.4 is 0 Å².